The van der Waals surface area contributed by atoms with Crippen LogP contribution in [0.1, 0.15) is 24.8 Å². The number of aromatic nitrogens is 2. The van der Waals surface area contributed by atoms with Gasteiger partial charge in [0.15, 0.2) is 0 Å². The lowest BCUT2D eigenvalue weighted by Crippen LogP contribution is -2.35. The molecule has 3 heterocycles. The first kappa shape index (κ1) is 17.0. The van der Waals surface area contributed by atoms with Gasteiger partial charge in [0.1, 0.15) is 11.1 Å². The van der Waals surface area contributed by atoms with Crippen molar-refractivity contribution in [3.63, 3.8) is 0 Å². The predicted molar refractivity (Wildman–Crippen MR) is 91.6 cm³/mol. The Balaban J connectivity index is 1.45. The van der Waals surface area contributed by atoms with Gasteiger partial charge in [0, 0.05) is 18.2 Å². The zero-order chi connectivity index (χ0) is 16.8. The lowest BCUT2D eigenvalue weighted by molar-refractivity contribution is -0.133. The van der Waals surface area contributed by atoms with Gasteiger partial charge in [-0.15, -0.1) is 11.3 Å². The van der Waals surface area contributed by atoms with Gasteiger partial charge in [-0.25, -0.2) is 4.98 Å². The van der Waals surface area contributed by atoms with Gasteiger partial charge < -0.3 is 14.8 Å². The Hall–Kier alpha value is -1.83. The average molecular weight is 347 g/mol. The molecular formula is C17H21N3O3S. The van der Waals surface area contributed by atoms with Crippen LogP contribution in [0.5, 0.6) is 0 Å². The van der Waals surface area contributed by atoms with Gasteiger partial charge in [0.05, 0.1) is 30.6 Å². The molecule has 1 saturated heterocycles. The van der Waals surface area contributed by atoms with E-state index in [4.69, 9.17) is 9.47 Å². The third kappa shape index (κ3) is 4.59. The van der Waals surface area contributed by atoms with Crippen molar-refractivity contribution in [3.05, 3.63) is 34.8 Å². The first-order valence-electron chi connectivity index (χ1n) is 8.09. The molecule has 7 heteroatoms. The Labute approximate surface area is 145 Å². The molecule has 1 fully saturated rings. The zero-order valence-corrected chi connectivity index (χ0v) is 14.4. The minimum atomic E-state index is -0.496. The van der Waals surface area contributed by atoms with Crippen LogP contribution in [0, 0.1) is 0 Å². The summed E-state index contributed by atoms with van der Waals surface area (Å²) < 4.78 is 11.1. The third-order valence-corrected chi connectivity index (χ3v) is 4.67. The van der Waals surface area contributed by atoms with E-state index >= 15 is 0 Å². The van der Waals surface area contributed by atoms with E-state index in [-0.39, 0.29) is 12.0 Å². The van der Waals surface area contributed by atoms with Crippen molar-refractivity contribution < 1.29 is 14.3 Å². The van der Waals surface area contributed by atoms with Crippen molar-refractivity contribution in [2.24, 2.45) is 0 Å². The van der Waals surface area contributed by atoms with E-state index in [1.165, 1.54) is 11.3 Å². The standard InChI is InChI=1S/C17H21N3O3S/c1-12(23-10-13-5-4-8-22-13)17(21)19-9-16-20-15(11-24-16)14-6-2-3-7-18-14/h2-3,6-7,11-13H,4-5,8-10H2,1H3,(H,19,21). The second-order valence-electron chi connectivity index (χ2n) is 5.67. The Morgan fingerprint density at radius 3 is 3.17 bits per heavy atom. The van der Waals surface area contributed by atoms with Crippen LogP contribution in [-0.2, 0) is 20.8 Å². The monoisotopic (exact) mass is 347 g/mol. The van der Waals surface area contributed by atoms with Crippen molar-refractivity contribution >= 4 is 17.2 Å². The van der Waals surface area contributed by atoms with Crippen molar-refractivity contribution in [3.8, 4) is 11.4 Å². The van der Waals surface area contributed by atoms with Gasteiger partial charge in [-0.2, -0.15) is 0 Å². The molecule has 3 rings (SSSR count). The van der Waals surface area contributed by atoms with Gasteiger partial charge in [-0.3, -0.25) is 9.78 Å². The third-order valence-electron chi connectivity index (χ3n) is 3.82. The molecule has 0 spiro atoms. The molecular weight excluding hydrogens is 326 g/mol. The van der Waals surface area contributed by atoms with Crippen LogP contribution < -0.4 is 5.32 Å². The number of thiazole rings is 1. The molecule has 0 bridgehead atoms. The lowest BCUT2D eigenvalue weighted by atomic mass is 10.2. The van der Waals surface area contributed by atoms with E-state index in [9.17, 15) is 4.79 Å². The number of carbonyl (C=O) groups is 1. The molecule has 0 aliphatic carbocycles. The molecule has 1 aliphatic heterocycles. The van der Waals surface area contributed by atoms with E-state index in [1.807, 2.05) is 23.6 Å². The molecule has 24 heavy (non-hydrogen) atoms. The highest BCUT2D eigenvalue weighted by molar-refractivity contribution is 7.09. The van der Waals surface area contributed by atoms with E-state index < -0.39 is 6.10 Å². The molecule has 0 aromatic carbocycles. The molecule has 1 amide bonds. The van der Waals surface area contributed by atoms with Crippen LogP contribution in [-0.4, -0.2) is 41.3 Å². The normalized spacial score (nSPS) is 18.5. The van der Waals surface area contributed by atoms with E-state index in [2.05, 4.69) is 15.3 Å². The summed E-state index contributed by atoms with van der Waals surface area (Å²) in [6.07, 6.45) is 3.44. The van der Waals surface area contributed by atoms with Crippen molar-refractivity contribution in [2.75, 3.05) is 13.2 Å². The first-order valence-corrected chi connectivity index (χ1v) is 8.97. The van der Waals surface area contributed by atoms with E-state index in [0.29, 0.717) is 13.2 Å². The second-order valence-corrected chi connectivity index (χ2v) is 6.61. The topological polar surface area (TPSA) is 73.3 Å². The van der Waals surface area contributed by atoms with Gasteiger partial charge in [0.2, 0.25) is 5.91 Å². The summed E-state index contributed by atoms with van der Waals surface area (Å²) in [4.78, 5) is 20.9. The maximum atomic E-state index is 12.1. The summed E-state index contributed by atoms with van der Waals surface area (Å²) in [6.45, 7) is 3.41. The van der Waals surface area contributed by atoms with Crippen LogP contribution in [0.2, 0.25) is 0 Å². The Bertz CT molecular complexity index is 656. The van der Waals surface area contributed by atoms with Gasteiger partial charge in [-0.05, 0) is 31.9 Å². The van der Waals surface area contributed by atoms with Gasteiger partial charge in [-0.1, -0.05) is 6.07 Å². The Morgan fingerprint density at radius 2 is 2.42 bits per heavy atom. The second kappa shape index (κ2) is 8.32. The molecule has 2 aromatic rings. The van der Waals surface area contributed by atoms with Crippen molar-refractivity contribution in [1.82, 2.24) is 15.3 Å². The molecule has 2 atom stereocenters. The summed E-state index contributed by atoms with van der Waals surface area (Å²) in [5, 5.41) is 5.65. The summed E-state index contributed by atoms with van der Waals surface area (Å²) in [6, 6.07) is 5.71. The molecule has 0 radical (unpaired) electrons. The minimum absolute atomic E-state index is 0.125. The van der Waals surface area contributed by atoms with Crippen LogP contribution in [0.3, 0.4) is 0 Å². The fourth-order valence-corrected chi connectivity index (χ4v) is 3.16. The number of hydrogen-bond donors (Lipinski definition) is 1. The first-order chi connectivity index (χ1) is 11.7. The number of ether oxygens (including phenoxy) is 2. The highest BCUT2D eigenvalue weighted by Crippen LogP contribution is 2.19. The number of rotatable bonds is 7. The highest BCUT2D eigenvalue weighted by atomic mass is 32.1. The average Bonchev–Trinajstić information content (AvgIpc) is 3.30. The lowest BCUT2D eigenvalue weighted by Gasteiger charge is -2.15. The summed E-state index contributed by atoms with van der Waals surface area (Å²) in [7, 11) is 0. The summed E-state index contributed by atoms with van der Waals surface area (Å²) in [5.74, 6) is -0.136. The molecule has 1 aliphatic rings. The zero-order valence-electron chi connectivity index (χ0n) is 13.6. The van der Waals surface area contributed by atoms with Crippen molar-refractivity contribution in [1.29, 1.82) is 0 Å². The summed E-state index contributed by atoms with van der Waals surface area (Å²) in [5.41, 5.74) is 1.66. The number of carbonyl (C=O) groups excluding carboxylic acids is 1. The molecule has 0 saturated carbocycles. The number of amides is 1. The number of nitrogens with one attached hydrogen (secondary N) is 1. The Morgan fingerprint density at radius 1 is 1.50 bits per heavy atom. The van der Waals surface area contributed by atoms with Gasteiger partial charge in [0.25, 0.3) is 0 Å². The number of nitrogens with zero attached hydrogens (tertiary/aromatic N) is 2. The number of hydrogen-bond acceptors (Lipinski definition) is 6. The highest BCUT2D eigenvalue weighted by Gasteiger charge is 2.20. The predicted octanol–water partition coefficient (Wildman–Crippen LogP) is 2.41. The van der Waals surface area contributed by atoms with Gasteiger partial charge >= 0.3 is 0 Å². The van der Waals surface area contributed by atoms with Crippen LogP contribution >= 0.6 is 11.3 Å². The van der Waals surface area contributed by atoms with E-state index in [1.54, 1.807) is 13.1 Å². The molecule has 2 unspecified atom stereocenters. The maximum absolute atomic E-state index is 12.1. The van der Waals surface area contributed by atoms with Crippen LogP contribution in [0.4, 0.5) is 0 Å². The molecule has 2 aromatic heterocycles. The summed E-state index contributed by atoms with van der Waals surface area (Å²) >= 11 is 1.51. The van der Waals surface area contributed by atoms with E-state index in [0.717, 1.165) is 35.8 Å². The fraction of sp³-hybridized carbons (Fsp3) is 0.471. The maximum Gasteiger partial charge on any atom is 0.249 e. The van der Waals surface area contributed by atoms with Crippen LogP contribution in [0.25, 0.3) is 11.4 Å². The minimum Gasteiger partial charge on any atom is -0.376 e. The largest absolute Gasteiger partial charge is 0.376 e. The molecule has 6 nitrogen and oxygen atoms in total. The molecule has 128 valence electrons. The smallest absolute Gasteiger partial charge is 0.249 e. The van der Waals surface area contributed by atoms with Crippen LogP contribution in [0.15, 0.2) is 29.8 Å². The SMILES string of the molecule is CC(OCC1CCCO1)C(=O)NCc1nc(-c2ccccn2)cs1. The van der Waals surface area contributed by atoms with Crippen molar-refractivity contribution in [2.45, 2.75) is 38.5 Å². The fourth-order valence-electron chi connectivity index (χ4n) is 2.43. The number of pyridine rings is 1. The Kier molecular flexibility index (Phi) is 5.90. The molecule has 1 N–H and O–H groups in total. The quantitative estimate of drug-likeness (QED) is 0.833.